The number of benzene rings is 3. The molecule has 2 N–H and O–H groups in total. The monoisotopic (exact) mass is 428 g/mol. The molecule has 1 fully saturated rings. The standard InChI is InChI=1S/C26H21FN2O3/c27-20-8-10-21(11-9-20)32-22-3-1-2-18-12-15-28-25(24(18)22)29-26(13-14-26)19-6-4-17(5-7-19)16-23(30)31/h1-12,15H,13-14,16H2,(H,28,29)(H,30,31). The smallest absolute Gasteiger partial charge is 0.307 e. The molecule has 0 bridgehead atoms. The molecule has 0 atom stereocenters. The molecule has 0 amide bonds. The van der Waals surface area contributed by atoms with Crippen LogP contribution in [0, 0.1) is 5.82 Å². The molecule has 1 aliphatic carbocycles. The van der Waals surface area contributed by atoms with Crippen molar-refractivity contribution < 1.29 is 19.0 Å². The van der Waals surface area contributed by atoms with Gasteiger partial charge in [-0.3, -0.25) is 4.79 Å². The first-order chi connectivity index (χ1) is 15.5. The van der Waals surface area contributed by atoms with E-state index in [9.17, 15) is 9.18 Å². The summed E-state index contributed by atoms with van der Waals surface area (Å²) < 4.78 is 19.4. The maximum Gasteiger partial charge on any atom is 0.307 e. The average Bonchev–Trinajstić information content (AvgIpc) is 3.56. The third-order valence-electron chi connectivity index (χ3n) is 5.76. The first kappa shape index (κ1) is 20.0. The fourth-order valence-electron chi connectivity index (χ4n) is 3.96. The molecule has 1 aliphatic rings. The number of carbonyl (C=O) groups is 1. The van der Waals surface area contributed by atoms with Gasteiger partial charge in [-0.15, -0.1) is 0 Å². The van der Waals surface area contributed by atoms with Gasteiger partial charge in [0, 0.05) is 6.20 Å². The molecule has 5 rings (SSSR count). The Kier molecular flexibility index (Phi) is 4.98. The Morgan fingerprint density at radius 1 is 1.03 bits per heavy atom. The number of halogens is 1. The number of fused-ring (bicyclic) bond motifs is 1. The Balaban J connectivity index is 1.48. The first-order valence-electron chi connectivity index (χ1n) is 10.4. The van der Waals surface area contributed by atoms with E-state index in [0.29, 0.717) is 17.3 Å². The Morgan fingerprint density at radius 2 is 1.78 bits per heavy atom. The van der Waals surface area contributed by atoms with Gasteiger partial charge in [-0.05, 0) is 65.8 Å². The summed E-state index contributed by atoms with van der Waals surface area (Å²) in [5, 5.41) is 14.5. The van der Waals surface area contributed by atoms with Gasteiger partial charge >= 0.3 is 5.97 Å². The number of carboxylic acid groups (broad SMARTS) is 1. The Labute approximate surface area is 184 Å². The molecule has 5 nitrogen and oxygen atoms in total. The van der Waals surface area contributed by atoms with Gasteiger partial charge in [0.1, 0.15) is 23.1 Å². The molecule has 0 spiro atoms. The lowest BCUT2D eigenvalue weighted by atomic mass is 10.0. The van der Waals surface area contributed by atoms with E-state index in [4.69, 9.17) is 9.84 Å². The third kappa shape index (κ3) is 3.99. The van der Waals surface area contributed by atoms with E-state index in [1.807, 2.05) is 48.5 Å². The number of ether oxygens (including phenoxy) is 1. The first-order valence-corrected chi connectivity index (χ1v) is 10.4. The Hall–Kier alpha value is -3.93. The maximum atomic E-state index is 13.3. The van der Waals surface area contributed by atoms with E-state index in [2.05, 4.69) is 10.3 Å². The predicted octanol–water partition coefficient (Wildman–Crippen LogP) is 5.89. The van der Waals surface area contributed by atoms with Gasteiger partial charge in [0.2, 0.25) is 0 Å². The number of carboxylic acids is 1. The minimum absolute atomic E-state index is 0.00959. The molecule has 0 radical (unpaired) electrons. The summed E-state index contributed by atoms with van der Waals surface area (Å²) in [7, 11) is 0. The van der Waals surface area contributed by atoms with Crippen LogP contribution >= 0.6 is 0 Å². The lowest BCUT2D eigenvalue weighted by Crippen LogP contribution is -2.20. The molecule has 0 unspecified atom stereocenters. The van der Waals surface area contributed by atoms with Crippen LogP contribution in [0.1, 0.15) is 24.0 Å². The van der Waals surface area contributed by atoms with Crippen molar-refractivity contribution in [2.75, 3.05) is 5.32 Å². The highest BCUT2D eigenvalue weighted by Crippen LogP contribution is 2.49. The molecule has 32 heavy (non-hydrogen) atoms. The van der Waals surface area contributed by atoms with Crippen molar-refractivity contribution in [3.8, 4) is 11.5 Å². The molecular weight excluding hydrogens is 407 g/mol. The van der Waals surface area contributed by atoms with E-state index in [-0.39, 0.29) is 17.8 Å². The topological polar surface area (TPSA) is 71.5 Å². The molecule has 1 aromatic heterocycles. The number of pyridine rings is 1. The molecule has 1 saturated carbocycles. The highest BCUT2D eigenvalue weighted by Gasteiger charge is 2.45. The van der Waals surface area contributed by atoms with Crippen LogP contribution in [0.3, 0.4) is 0 Å². The van der Waals surface area contributed by atoms with Crippen molar-refractivity contribution in [2.45, 2.75) is 24.8 Å². The van der Waals surface area contributed by atoms with Crippen molar-refractivity contribution in [2.24, 2.45) is 0 Å². The van der Waals surface area contributed by atoms with Crippen LogP contribution in [0.2, 0.25) is 0 Å². The largest absolute Gasteiger partial charge is 0.481 e. The van der Waals surface area contributed by atoms with E-state index in [1.54, 1.807) is 18.3 Å². The zero-order valence-electron chi connectivity index (χ0n) is 17.2. The second kappa shape index (κ2) is 7.96. The zero-order chi connectivity index (χ0) is 22.1. The molecule has 160 valence electrons. The molecule has 3 aromatic carbocycles. The molecule has 0 aliphatic heterocycles. The minimum atomic E-state index is -0.842. The molecular formula is C26H21FN2O3. The number of anilines is 1. The van der Waals surface area contributed by atoms with Gasteiger partial charge < -0.3 is 15.2 Å². The molecule has 0 saturated heterocycles. The summed E-state index contributed by atoms with van der Waals surface area (Å²) in [4.78, 5) is 15.6. The second-order valence-corrected chi connectivity index (χ2v) is 8.04. The minimum Gasteiger partial charge on any atom is -0.481 e. The fourth-order valence-corrected chi connectivity index (χ4v) is 3.96. The van der Waals surface area contributed by atoms with Crippen LogP contribution < -0.4 is 10.1 Å². The summed E-state index contributed by atoms with van der Waals surface area (Å²) in [6, 6.07) is 21.3. The van der Waals surface area contributed by atoms with Crippen molar-refractivity contribution in [3.05, 3.63) is 95.9 Å². The van der Waals surface area contributed by atoms with E-state index in [1.165, 1.54) is 12.1 Å². The van der Waals surface area contributed by atoms with Gasteiger partial charge in [0.15, 0.2) is 0 Å². The summed E-state index contributed by atoms with van der Waals surface area (Å²) in [5.74, 6) is 0.739. The number of hydrogen-bond acceptors (Lipinski definition) is 4. The summed E-state index contributed by atoms with van der Waals surface area (Å²) in [5.41, 5.74) is 1.63. The van der Waals surface area contributed by atoms with Gasteiger partial charge in [0.05, 0.1) is 17.3 Å². The normalized spacial score (nSPS) is 14.2. The van der Waals surface area contributed by atoms with Gasteiger partial charge in [-0.2, -0.15) is 0 Å². The number of rotatable bonds is 7. The Bertz CT molecular complexity index is 1280. The average molecular weight is 428 g/mol. The van der Waals surface area contributed by atoms with Crippen molar-refractivity contribution in [1.29, 1.82) is 0 Å². The lowest BCUT2D eigenvalue weighted by molar-refractivity contribution is -0.136. The number of nitrogens with zero attached hydrogens (tertiary/aromatic N) is 1. The highest BCUT2D eigenvalue weighted by molar-refractivity contribution is 5.97. The zero-order valence-corrected chi connectivity index (χ0v) is 17.2. The molecule has 1 heterocycles. The number of aliphatic carboxylic acids is 1. The van der Waals surface area contributed by atoms with Crippen LogP contribution in [-0.2, 0) is 16.8 Å². The van der Waals surface area contributed by atoms with Gasteiger partial charge in [-0.25, -0.2) is 9.37 Å². The number of nitrogens with one attached hydrogen (secondary N) is 1. The predicted molar refractivity (Wildman–Crippen MR) is 121 cm³/mol. The van der Waals surface area contributed by atoms with E-state index in [0.717, 1.165) is 34.7 Å². The summed E-state index contributed by atoms with van der Waals surface area (Å²) in [6.45, 7) is 0. The third-order valence-corrected chi connectivity index (χ3v) is 5.76. The van der Waals surface area contributed by atoms with Gasteiger partial charge in [-0.1, -0.05) is 36.4 Å². The van der Waals surface area contributed by atoms with Crippen LogP contribution in [-0.4, -0.2) is 16.1 Å². The van der Waals surface area contributed by atoms with E-state index >= 15 is 0 Å². The Morgan fingerprint density at radius 3 is 2.47 bits per heavy atom. The number of hydrogen-bond donors (Lipinski definition) is 2. The fraction of sp³-hybridized carbons (Fsp3) is 0.154. The van der Waals surface area contributed by atoms with Crippen LogP contribution in [0.4, 0.5) is 10.2 Å². The van der Waals surface area contributed by atoms with E-state index < -0.39 is 5.97 Å². The quantitative estimate of drug-likeness (QED) is 0.384. The molecule has 6 heteroatoms. The maximum absolute atomic E-state index is 13.3. The summed E-state index contributed by atoms with van der Waals surface area (Å²) >= 11 is 0. The van der Waals surface area contributed by atoms with Crippen molar-refractivity contribution >= 4 is 22.6 Å². The van der Waals surface area contributed by atoms with Crippen LogP contribution in [0.15, 0.2) is 79.0 Å². The van der Waals surface area contributed by atoms with Crippen molar-refractivity contribution in [3.63, 3.8) is 0 Å². The lowest BCUT2D eigenvalue weighted by Gasteiger charge is -2.21. The second-order valence-electron chi connectivity index (χ2n) is 8.04. The molecule has 4 aromatic rings. The highest BCUT2D eigenvalue weighted by atomic mass is 19.1. The summed E-state index contributed by atoms with van der Waals surface area (Å²) in [6.07, 6.45) is 3.67. The van der Waals surface area contributed by atoms with Gasteiger partial charge in [0.25, 0.3) is 0 Å². The number of aromatic nitrogens is 1. The SMILES string of the molecule is O=C(O)Cc1ccc(C2(Nc3nccc4cccc(Oc5ccc(F)cc5)c34)CC2)cc1. The van der Waals surface area contributed by atoms with Crippen molar-refractivity contribution in [1.82, 2.24) is 4.98 Å². The van der Waals surface area contributed by atoms with Crippen LogP contribution in [0.25, 0.3) is 10.8 Å². The van der Waals surface area contributed by atoms with Crippen LogP contribution in [0.5, 0.6) is 11.5 Å².